The average Bonchev–Trinajstić information content (AvgIpc) is 2.66. The molecule has 2 aromatic rings. The Morgan fingerprint density at radius 3 is 2.81 bits per heavy atom. The number of aryl methyl sites for hydroxylation is 2. The lowest BCUT2D eigenvalue weighted by Crippen LogP contribution is -1.99. The van der Waals surface area contributed by atoms with E-state index in [0.717, 1.165) is 22.0 Å². The molecule has 0 unspecified atom stereocenters. The Morgan fingerprint density at radius 1 is 1.38 bits per heavy atom. The van der Waals surface area contributed by atoms with E-state index < -0.39 is 0 Å². The van der Waals surface area contributed by atoms with Gasteiger partial charge in [0.1, 0.15) is 5.75 Å². The second kappa shape index (κ2) is 4.53. The van der Waals surface area contributed by atoms with Gasteiger partial charge in [-0.25, -0.2) is 4.98 Å². The van der Waals surface area contributed by atoms with E-state index >= 15 is 0 Å². The molecule has 3 nitrogen and oxygen atoms in total. The molecule has 0 aliphatic heterocycles. The number of nitrogens with zero attached hydrogens (tertiary/aromatic N) is 1. The second-order valence-electron chi connectivity index (χ2n) is 3.71. The van der Waals surface area contributed by atoms with Crippen molar-refractivity contribution in [1.29, 1.82) is 0 Å². The summed E-state index contributed by atoms with van der Waals surface area (Å²) in [5, 5.41) is 15.8. The number of benzene rings is 1. The predicted octanol–water partition coefficient (Wildman–Crippen LogP) is 3.08. The number of aromatic nitrogens is 1. The molecule has 0 aliphatic rings. The highest BCUT2D eigenvalue weighted by Crippen LogP contribution is 2.20. The fourth-order valence-corrected chi connectivity index (χ4v) is 2.06. The van der Waals surface area contributed by atoms with Crippen LogP contribution in [0.2, 0.25) is 0 Å². The third-order valence-corrected chi connectivity index (χ3v) is 3.16. The van der Waals surface area contributed by atoms with Gasteiger partial charge in [0.2, 0.25) is 0 Å². The molecular formula is C12H14N2OS. The second-order valence-corrected chi connectivity index (χ2v) is 4.77. The van der Waals surface area contributed by atoms with Gasteiger partial charge < -0.3 is 10.4 Å². The summed E-state index contributed by atoms with van der Waals surface area (Å²) < 4.78 is 0. The molecule has 2 rings (SSSR count). The zero-order valence-corrected chi connectivity index (χ0v) is 10.1. The van der Waals surface area contributed by atoms with Crippen LogP contribution in [0.25, 0.3) is 0 Å². The third kappa shape index (κ3) is 2.52. The molecule has 1 aromatic carbocycles. The zero-order chi connectivity index (χ0) is 11.5. The highest BCUT2D eigenvalue weighted by Gasteiger charge is 2.00. The maximum atomic E-state index is 9.39. The van der Waals surface area contributed by atoms with Crippen molar-refractivity contribution in [2.45, 2.75) is 20.4 Å². The molecule has 0 atom stereocenters. The first-order valence-corrected chi connectivity index (χ1v) is 5.97. The summed E-state index contributed by atoms with van der Waals surface area (Å²) in [5.74, 6) is 0.329. The minimum Gasteiger partial charge on any atom is -0.508 e. The summed E-state index contributed by atoms with van der Waals surface area (Å²) in [6.45, 7) is 4.60. The van der Waals surface area contributed by atoms with E-state index in [1.807, 2.05) is 26.0 Å². The molecule has 4 heteroatoms. The summed E-state index contributed by atoms with van der Waals surface area (Å²) in [4.78, 5) is 4.37. The molecule has 0 saturated carbocycles. The van der Waals surface area contributed by atoms with Gasteiger partial charge in [0.05, 0.1) is 17.2 Å². The van der Waals surface area contributed by atoms with E-state index in [9.17, 15) is 5.11 Å². The Hall–Kier alpha value is -1.55. The van der Waals surface area contributed by atoms with E-state index in [-0.39, 0.29) is 0 Å². The van der Waals surface area contributed by atoms with Crippen LogP contribution in [-0.2, 0) is 6.54 Å². The molecule has 0 aliphatic carbocycles. The molecular weight excluding hydrogens is 220 g/mol. The van der Waals surface area contributed by atoms with Crippen LogP contribution in [0.3, 0.4) is 0 Å². The molecule has 2 N–H and O–H groups in total. The highest BCUT2D eigenvalue weighted by molar-refractivity contribution is 7.09. The smallest absolute Gasteiger partial charge is 0.118 e. The fraction of sp³-hybridized carbons (Fsp3) is 0.250. The lowest BCUT2D eigenvalue weighted by Gasteiger charge is -2.06. The summed E-state index contributed by atoms with van der Waals surface area (Å²) >= 11 is 1.65. The summed E-state index contributed by atoms with van der Waals surface area (Å²) in [6.07, 6.45) is 0. The first-order chi connectivity index (χ1) is 7.65. The van der Waals surface area contributed by atoms with Gasteiger partial charge in [-0.2, -0.15) is 0 Å². The van der Waals surface area contributed by atoms with Gasteiger partial charge in [0, 0.05) is 11.1 Å². The Kier molecular flexibility index (Phi) is 3.10. The van der Waals surface area contributed by atoms with Crippen molar-refractivity contribution in [3.8, 4) is 5.75 Å². The minimum absolute atomic E-state index is 0.329. The van der Waals surface area contributed by atoms with Crippen molar-refractivity contribution in [3.05, 3.63) is 39.8 Å². The Balaban J connectivity index is 2.02. The molecule has 0 fully saturated rings. The van der Waals surface area contributed by atoms with Crippen LogP contribution in [0.1, 0.15) is 16.3 Å². The van der Waals surface area contributed by atoms with Gasteiger partial charge in [-0.1, -0.05) is 0 Å². The molecule has 84 valence electrons. The Labute approximate surface area is 98.8 Å². The van der Waals surface area contributed by atoms with Crippen molar-refractivity contribution >= 4 is 17.0 Å². The number of thiazole rings is 1. The molecule has 0 saturated heterocycles. The van der Waals surface area contributed by atoms with Crippen LogP contribution in [-0.4, -0.2) is 10.1 Å². The number of hydrogen-bond acceptors (Lipinski definition) is 4. The van der Waals surface area contributed by atoms with Crippen molar-refractivity contribution < 1.29 is 5.11 Å². The van der Waals surface area contributed by atoms with Gasteiger partial charge in [0.15, 0.2) is 0 Å². The Bertz CT molecular complexity index is 494. The number of aromatic hydroxyl groups is 1. The fourth-order valence-electron chi connectivity index (χ4n) is 1.45. The van der Waals surface area contributed by atoms with Crippen LogP contribution < -0.4 is 5.32 Å². The van der Waals surface area contributed by atoms with Crippen LogP contribution in [0.4, 0.5) is 5.69 Å². The summed E-state index contributed by atoms with van der Waals surface area (Å²) in [7, 11) is 0. The molecule has 0 bridgehead atoms. The monoisotopic (exact) mass is 234 g/mol. The first-order valence-electron chi connectivity index (χ1n) is 5.09. The zero-order valence-electron chi connectivity index (χ0n) is 9.32. The van der Waals surface area contributed by atoms with Crippen molar-refractivity contribution in [1.82, 2.24) is 4.98 Å². The van der Waals surface area contributed by atoms with Crippen molar-refractivity contribution in [2.24, 2.45) is 0 Å². The number of hydrogen-bond donors (Lipinski definition) is 2. The van der Waals surface area contributed by atoms with E-state index in [4.69, 9.17) is 0 Å². The van der Waals surface area contributed by atoms with Crippen molar-refractivity contribution in [2.75, 3.05) is 5.32 Å². The van der Waals surface area contributed by atoms with E-state index in [0.29, 0.717) is 12.3 Å². The standard InChI is InChI=1S/C12H14N2OS/c1-8-5-10(3-4-12(8)15)13-6-11-7-16-9(2)14-11/h3-5,7,13,15H,6H2,1-2H3. The van der Waals surface area contributed by atoms with E-state index in [2.05, 4.69) is 15.7 Å². The minimum atomic E-state index is 0.329. The number of nitrogens with one attached hydrogen (secondary N) is 1. The van der Waals surface area contributed by atoms with Crippen molar-refractivity contribution in [3.63, 3.8) is 0 Å². The quantitative estimate of drug-likeness (QED) is 0.802. The number of phenolic OH excluding ortho intramolecular Hbond substituents is 1. The summed E-state index contributed by atoms with van der Waals surface area (Å²) in [6, 6.07) is 5.49. The highest BCUT2D eigenvalue weighted by atomic mass is 32.1. The largest absolute Gasteiger partial charge is 0.508 e. The van der Waals surface area contributed by atoms with E-state index in [1.54, 1.807) is 17.4 Å². The maximum Gasteiger partial charge on any atom is 0.118 e. The summed E-state index contributed by atoms with van der Waals surface area (Å²) in [5.41, 5.74) is 2.92. The van der Waals surface area contributed by atoms with Gasteiger partial charge in [-0.05, 0) is 37.6 Å². The van der Waals surface area contributed by atoms with Crippen LogP contribution in [0.5, 0.6) is 5.75 Å². The van der Waals surface area contributed by atoms with Crippen LogP contribution in [0.15, 0.2) is 23.6 Å². The molecule has 0 radical (unpaired) electrons. The van der Waals surface area contributed by atoms with Gasteiger partial charge in [-0.3, -0.25) is 0 Å². The normalized spacial score (nSPS) is 10.4. The number of phenols is 1. The molecule has 0 spiro atoms. The lowest BCUT2D eigenvalue weighted by atomic mass is 10.2. The topological polar surface area (TPSA) is 45.2 Å². The average molecular weight is 234 g/mol. The number of anilines is 1. The van der Waals surface area contributed by atoms with E-state index in [1.165, 1.54) is 0 Å². The molecule has 0 amide bonds. The third-order valence-electron chi connectivity index (χ3n) is 2.34. The van der Waals surface area contributed by atoms with Crippen LogP contribution in [0, 0.1) is 13.8 Å². The number of rotatable bonds is 3. The van der Waals surface area contributed by atoms with Gasteiger partial charge in [0.25, 0.3) is 0 Å². The Morgan fingerprint density at radius 2 is 2.19 bits per heavy atom. The van der Waals surface area contributed by atoms with Gasteiger partial charge >= 0.3 is 0 Å². The molecule has 1 aromatic heterocycles. The maximum absolute atomic E-state index is 9.39. The first kappa shape index (κ1) is 11.0. The lowest BCUT2D eigenvalue weighted by molar-refractivity contribution is 0.471. The SMILES string of the molecule is Cc1nc(CNc2ccc(O)c(C)c2)cs1. The molecule has 1 heterocycles. The molecule has 16 heavy (non-hydrogen) atoms. The predicted molar refractivity (Wildman–Crippen MR) is 67.0 cm³/mol. The van der Waals surface area contributed by atoms with Gasteiger partial charge in [-0.15, -0.1) is 11.3 Å². The van der Waals surface area contributed by atoms with Crippen LogP contribution >= 0.6 is 11.3 Å².